The number of likely N-dealkylation sites (tertiary alicyclic amines) is 1. The van der Waals surface area contributed by atoms with Crippen molar-refractivity contribution in [2.24, 2.45) is 17.8 Å². The molecule has 3 atom stereocenters. The van der Waals surface area contributed by atoms with Crippen LogP contribution in [-0.4, -0.2) is 35.1 Å². The van der Waals surface area contributed by atoms with Gasteiger partial charge in [0.1, 0.15) is 5.75 Å². The van der Waals surface area contributed by atoms with Gasteiger partial charge in [-0.15, -0.1) is 0 Å². The lowest BCUT2D eigenvalue weighted by atomic mass is 9.85. The molecule has 168 valence electrons. The zero-order chi connectivity index (χ0) is 22.9. The number of rotatable bonds is 5. The molecule has 0 saturated carbocycles. The molecule has 2 heterocycles. The third-order valence-electron chi connectivity index (χ3n) is 6.59. The number of imide groups is 1. The van der Waals surface area contributed by atoms with Crippen LogP contribution in [0.5, 0.6) is 5.75 Å². The number of carbonyl (C=O) groups excluding carboxylic acids is 4. The topological polar surface area (TPSA) is 84.0 Å². The summed E-state index contributed by atoms with van der Waals surface area (Å²) in [6.07, 6.45) is 5.20. The summed E-state index contributed by atoms with van der Waals surface area (Å²) in [5.41, 5.74) is 1.49. The monoisotopic (exact) mass is 444 g/mol. The van der Waals surface area contributed by atoms with Crippen LogP contribution in [0.15, 0.2) is 66.7 Å². The number of hydrogen-bond donors (Lipinski definition) is 0. The molecule has 2 aromatic rings. The predicted octanol–water partition coefficient (Wildman–Crippen LogP) is 3.10. The second-order valence-electron chi connectivity index (χ2n) is 8.74. The normalized spacial score (nSPS) is 24.4. The molecule has 33 heavy (non-hydrogen) atoms. The smallest absolute Gasteiger partial charge is 0.316 e. The SMILES string of the molecule is O=C(Oc1ccc(N2C(=O)[C@H]3CC=CC[C@H]3C2=O)cc1)[C@@H]1CC(=O)N(Cc2ccccc2)C1. The van der Waals surface area contributed by atoms with Gasteiger partial charge in [-0.1, -0.05) is 42.5 Å². The molecule has 0 bridgehead atoms. The van der Waals surface area contributed by atoms with Crippen molar-refractivity contribution in [2.45, 2.75) is 25.8 Å². The molecule has 3 aliphatic rings. The number of carbonyl (C=O) groups is 4. The van der Waals surface area contributed by atoms with Gasteiger partial charge in [0.05, 0.1) is 23.4 Å². The maximum atomic E-state index is 12.7. The molecule has 5 rings (SSSR count). The third-order valence-corrected chi connectivity index (χ3v) is 6.59. The molecule has 2 fully saturated rings. The zero-order valence-electron chi connectivity index (χ0n) is 18.1. The Hall–Kier alpha value is -3.74. The van der Waals surface area contributed by atoms with E-state index < -0.39 is 11.9 Å². The van der Waals surface area contributed by atoms with Crippen molar-refractivity contribution in [3.63, 3.8) is 0 Å². The fourth-order valence-corrected chi connectivity index (χ4v) is 4.80. The van der Waals surface area contributed by atoms with Crippen molar-refractivity contribution < 1.29 is 23.9 Å². The standard InChI is InChI=1S/C26H24N2O5/c29-23-14-18(16-27(23)15-17-6-2-1-3-7-17)26(32)33-20-12-10-19(11-13-20)28-24(30)21-8-4-5-9-22(21)25(28)31/h1-7,10-13,18,21-22H,8-9,14-16H2/t18-,21-,22+/m1/s1. The third kappa shape index (κ3) is 4.06. The highest BCUT2D eigenvalue weighted by Crippen LogP contribution is 2.38. The summed E-state index contributed by atoms with van der Waals surface area (Å²) in [6.45, 7) is 0.784. The zero-order valence-corrected chi connectivity index (χ0v) is 18.1. The number of nitrogens with zero attached hydrogens (tertiary/aromatic N) is 2. The van der Waals surface area contributed by atoms with E-state index in [-0.39, 0.29) is 36.0 Å². The van der Waals surface area contributed by atoms with Crippen LogP contribution in [0.25, 0.3) is 0 Å². The van der Waals surface area contributed by atoms with Gasteiger partial charge in [0.15, 0.2) is 0 Å². The first-order valence-electron chi connectivity index (χ1n) is 11.2. The molecule has 2 saturated heterocycles. The van der Waals surface area contributed by atoms with Gasteiger partial charge < -0.3 is 9.64 Å². The fourth-order valence-electron chi connectivity index (χ4n) is 4.80. The molecule has 0 spiro atoms. The largest absolute Gasteiger partial charge is 0.426 e. The summed E-state index contributed by atoms with van der Waals surface area (Å²) in [4.78, 5) is 53.4. The molecule has 2 aliphatic heterocycles. The first-order valence-corrected chi connectivity index (χ1v) is 11.2. The molecular weight excluding hydrogens is 420 g/mol. The molecular formula is C26H24N2O5. The molecule has 3 amide bonds. The van der Waals surface area contributed by atoms with Crippen LogP contribution in [0.4, 0.5) is 5.69 Å². The van der Waals surface area contributed by atoms with Gasteiger partial charge in [0.2, 0.25) is 17.7 Å². The molecule has 0 aromatic heterocycles. The Morgan fingerprint density at radius 2 is 1.52 bits per heavy atom. The lowest BCUT2D eigenvalue weighted by Gasteiger charge is -2.17. The van der Waals surface area contributed by atoms with Gasteiger partial charge in [-0.2, -0.15) is 0 Å². The molecule has 0 unspecified atom stereocenters. The number of fused-ring (bicyclic) bond motifs is 1. The van der Waals surface area contributed by atoms with E-state index in [2.05, 4.69) is 0 Å². The lowest BCUT2D eigenvalue weighted by Crippen LogP contribution is -2.30. The van der Waals surface area contributed by atoms with E-state index in [1.54, 1.807) is 29.2 Å². The van der Waals surface area contributed by atoms with Crippen molar-refractivity contribution in [3.8, 4) is 5.75 Å². The summed E-state index contributed by atoms with van der Waals surface area (Å²) in [6, 6.07) is 16.0. The lowest BCUT2D eigenvalue weighted by molar-refractivity contribution is -0.139. The van der Waals surface area contributed by atoms with Crippen LogP contribution < -0.4 is 9.64 Å². The van der Waals surface area contributed by atoms with E-state index in [9.17, 15) is 19.2 Å². The van der Waals surface area contributed by atoms with E-state index in [0.717, 1.165) is 5.56 Å². The Kier molecular flexibility index (Phi) is 5.54. The van der Waals surface area contributed by atoms with Crippen LogP contribution in [0, 0.1) is 17.8 Å². The summed E-state index contributed by atoms with van der Waals surface area (Å²) >= 11 is 0. The highest BCUT2D eigenvalue weighted by molar-refractivity contribution is 6.22. The Labute approximate surface area is 191 Å². The van der Waals surface area contributed by atoms with Crippen LogP contribution in [-0.2, 0) is 25.7 Å². The van der Waals surface area contributed by atoms with Crippen molar-refractivity contribution >= 4 is 29.4 Å². The quantitative estimate of drug-likeness (QED) is 0.306. The minimum Gasteiger partial charge on any atom is -0.426 e. The van der Waals surface area contributed by atoms with Crippen molar-refractivity contribution in [1.29, 1.82) is 0 Å². The van der Waals surface area contributed by atoms with Crippen LogP contribution in [0.3, 0.4) is 0 Å². The average molecular weight is 444 g/mol. The van der Waals surface area contributed by atoms with E-state index in [4.69, 9.17) is 4.74 Å². The van der Waals surface area contributed by atoms with Crippen LogP contribution >= 0.6 is 0 Å². The maximum Gasteiger partial charge on any atom is 0.316 e. The minimum absolute atomic E-state index is 0.0711. The first-order chi connectivity index (χ1) is 16.0. The van der Waals surface area contributed by atoms with Gasteiger partial charge in [-0.3, -0.25) is 24.1 Å². The molecule has 1 aliphatic carbocycles. The van der Waals surface area contributed by atoms with Crippen molar-refractivity contribution in [3.05, 3.63) is 72.3 Å². The van der Waals surface area contributed by atoms with Gasteiger partial charge >= 0.3 is 5.97 Å². The van der Waals surface area contributed by atoms with Gasteiger partial charge in [0.25, 0.3) is 0 Å². The first kappa shape index (κ1) is 21.1. The van der Waals surface area contributed by atoms with Gasteiger partial charge in [-0.25, -0.2) is 0 Å². The number of esters is 1. The molecule has 2 aromatic carbocycles. The highest BCUT2D eigenvalue weighted by atomic mass is 16.5. The second-order valence-corrected chi connectivity index (χ2v) is 8.74. The Morgan fingerprint density at radius 1 is 0.879 bits per heavy atom. The summed E-state index contributed by atoms with van der Waals surface area (Å²) in [5, 5.41) is 0. The minimum atomic E-state index is -0.529. The summed E-state index contributed by atoms with van der Waals surface area (Å²) in [5.74, 6) is -1.69. The van der Waals surface area contributed by atoms with E-state index >= 15 is 0 Å². The number of anilines is 1. The second kappa shape index (κ2) is 8.65. The molecule has 0 N–H and O–H groups in total. The number of amides is 3. The predicted molar refractivity (Wildman–Crippen MR) is 120 cm³/mol. The molecule has 7 nitrogen and oxygen atoms in total. The fraction of sp³-hybridized carbons (Fsp3) is 0.308. The van der Waals surface area contributed by atoms with E-state index in [0.29, 0.717) is 37.4 Å². The summed E-state index contributed by atoms with van der Waals surface area (Å²) < 4.78 is 5.49. The van der Waals surface area contributed by atoms with E-state index in [1.165, 1.54) is 4.90 Å². The maximum absolute atomic E-state index is 12.7. The van der Waals surface area contributed by atoms with Crippen molar-refractivity contribution in [2.75, 3.05) is 11.4 Å². The Morgan fingerprint density at radius 3 is 2.15 bits per heavy atom. The Balaban J connectivity index is 1.21. The van der Waals surface area contributed by atoms with Gasteiger partial charge in [0, 0.05) is 19.5 Å². The molecule has 7 heteroatoms. The van der Waals surface area contributed by atoms with Crippen LogP contribution in [0.2, 0.25) is 0 Å². The number of allylic oxidation sites excluding steroid dienone is 2. The highest BCUT2D eigenvalue weighted by Gasteiger charge is 2.47. The van der Waals surface area contributed by atoms with Crippen molar-refractivity contribution in [1.82, 2.24) is 4.90 Å². The Bertz CT molecular complexity index is 1100. The van der Waals surface area contributed by atoms with Gasteiger partial charge in [-0.05, 0) is 42.7 Å². The molecule has 0 radical (unpaired) electrons. The number of benzene rings is 2. The summed E-state index contributed by atoms with van der Waals surface area (Å²) in [7, 11) is 0. The number of hydrogen-bond acceptors (Lipinski definition) is 5. The van der Waals surface area contributed by atoms with E-state index in [1.807, 2.05) is 42.5 Å². The average Bonchev–Trinajstić information content (AvgIpc) is 3.32. The van der Waals surface area contributed by atoms with Crippen LogP contribution in [0.1, 0.15) is 24.8 Å². The number of ether oxygens (including phenoxy) is 1.